The van der Waals surface area contributed by atoms with Crippen LogP contribution in [0.4, 0.5) is 0 Å². The Hall–Kier alpha value is -1.58. The number of para-hydroxylation sites is 1. The van der Waals surface area contributed by atoms with Gasteiger partial charge in [-0.15, -0.1) is 0 Å². The molecule has 0 aliphatic heterocycles. The number of hydrogen-bond acceptors (Lipinski definition) is 3. The van der Waals surface area contributed by atoms with E-state index in [9.17, 15) is 0 Å². The highest BCUT2D eigenvalue weighted by molar-refractivity contribution is 5.77. The minimum absolute atomic E-state index is 0.235. The van der Waals surface area contributed by atoms with Gasteiger partial charge in [0.05, 0.1) is 6.54 Å². The molecule has 1 aromatic heterocycles. The second-order valence-electron chi connectivity index (χ2n) is 4.80. The third-order valence-corrected chi connectivity index (χ3v) is 3.42. The van der Waals surface area contributed by atoms with Gasteiger partial charge < -0.3 is 14.8 Å². The molecule has 1 aliphatic carbocycles. The molecule has 0 unspecified atom stereocenters. The molecule has 0 bridgehead atoms. The van der Waals surface area contributed by atoms with Gasteiger partial charge in [0, 0.05) is 24.0 Å². The molecule has 3 nitrogen and oxygen atoms in total. The van der Waals surface area contributed by atoms with Crippen molar-refractivity contribution in [3.63, 3.8) is 0 Å². The molecule has 2 N–H and O–H groups in total. The predicted octanol–water partition coefficient (Wildman–Crippen LogP) is 2.46. The van der Waals surface area contributed by atoms with Crippen molar-refractivity contribution < 1.29 is 9.52 Å². The lowest BCUT2D eigenvalue weighted by molar-refractivity contribution is 0.246. The molecule has 1 aliphatic rings. The summed E-state index contributed by atoms with van der Waals surface area (Å²) in [6.45, 7) is 0.959. The summed E-state index contributed by atoms with van der Waals surface area (Å²) in [5, 5.41) is 13.6. The van der Waals surface area contributed by atoms with Gasteiger partial charge in [0.1, 0.15) is 11.3 Å². The normalized spacial score (nSPS) is 22.9. The molecule has 0 spiro atoms. The highest BCUT2D eigenvalue weighted by atomic mass is 16.3. The van der Waals surface area contributed by atoms with Crippen LogP contribution in [-0.2, 0) is 6.54 Å². The number of aliphatic hydroxyl groups excluding tert-OH is 1. The van der Waals surface area contributed by atoms with Gasteiger partial charge in [0.2, 0.25) is 0 Å². The van der Waals surface area contributed by atoms with E-state index in [1.807, 2.05) is 18.2 Å². The summed E-state index contributed by atoms with van der Waals surface area (Å²) in [6, 6.07) is 10.4. The summed E-state index contributed by atoms with van der Waals surface area (Å²) in [6.07, 6.45) is 5.18. The molecule has 1 heterocycles. The Labute approximate surface area is 106 Å². The molecule has 0 fully saturated rings. The number of rotatable bonds is 4. The lowest BCUT2D eigenvalue weighted by Gasteiger charge is -2.11. The third-order valence-electron chi connectivity index (χ3n) is 3.42. The van der Waals surface area contributed by atoms with Gasteiger partial charge >= 0.3 is 0 Å². The average molecular weight is 243 g/mol. The van der Waals surface area contributed by atoms with E-state index in [4.69, 9.17) is 9.52 Å². The molecular formula is C15H17NO2. The number of hydrogen-bond donors (Lipinski definition) is 2. The zero-order valence-electron chi connectivity index (χ0n) is 10.2. The van der Waals surface area contributed by atoms with Gasteiger partial charge in [-0.05, 0) is 18.6 Å². The molecule has 3 heteroatoms. The van der Waals surface area contributed by atoms with Crippen molar-refractivity contribution >= 4 is 11.0 Å². The number of fused-ring (bicyclic) bond motifs is 1. The van der Waals surface area contributed by atoms with Crippen LogP contribution in [-0.4, -0.2) is 17.8 Å². The summed E-state index contributed by atoms with van der Waals surface area (Å²) in [5.74, 6) is 1.26. The Kier molecular flexibility index (Phi) is 3.17. The molecule has 0 amide bonds. The van der Waals surface area contributed by atoms with Gasteiger partial charge in [0.25, 0.3) is 0 Å². The molecule has 2 atom stereocenters. The number of benzene rings is 1. The molecule has 0 saturated heterocycles. The average Bonchev–Trinajstić information content (AvgIpc) is 3.02. The van der Waals surface area contributed by atoms with Crippen molar-refractivity contribution in [1.29, 1.82) is 0 Å². The van der Waals surface area contributed by atoms with Gasteiger partial charge in [0.15, 0.2) is 0 Å². The summed E-state index contributed by atoms with van der Waals surface area (Å²) in [7, 11) is 0. The molecule has 3 rings (SSSR count). The van der Waals surface area contributed by atoms with Crippen LogP contribution in [0.2, 0.25) is 0 Å². The number of furan rings is 1. The summed E-state index contributed by atoms with van der Waals surface area (Å²) in [4.78, 5) is 0. The molecule has 94 valence electrons. The molecular weight excluding hydrogens is 226 g/mol. The molecule has 2 aromatic rings. The quantitative estimate of drug-likeness (QED) is 0.811. The largest absolute Gasteiger partial charge is 0.460 e. The third kappa shape index (κ3) is 2.33. The van der Waals surface area contributed by atoms with Crippen molar-refractivity contribution in [1.82, 2.24) is 5.32 Å². The highest BCUT2D eigenvalue weighted by Crippen LogP contribution is 2.20. The van der Waals surface area contributed by atoms with Gasteiger partial charge in [-0.2, -0.15) is 0 Å². The smallest absolute Gasteiger partial charge is 0.134 e. The minimum atomic E-state index is 0.235. The Morgan fingerprint density at radius 3 is 2.94 bits per heavy atom. The maximum Gasteiger partial charge on any atom is 0.134 e. The Morgan fingerprint density at radius 1 is 1.28 bits per heavy atom. The van der Waals surface area contributed by atoms with Gasteiger partial charge in [-0.25, -0.2) is 0 Å². The first-order chi connectivity index (χ1) is 8.85. The van der Waals surface area contributed by atoms with Crippen molar-refractivity contribution in [3.05, 3.63) is 48.2 Å². The Morgan fingerprint density at radius 2 is 2.17 bits per heavy atom. The second kappa shape index (κ2) is 4.96. The SMILES string of the molecule is OC[C@H]1C=C[C@@H](NCc2cc3ccccc3o2)C1. The fourth-order valence-electron chi connectivity index (χ4n) is 2.42. The van der Waals surface area contributed by atoms with Crippen molar-refractivity contribution in [2.45, 2.75) is 19.0 Å². The molecule has 0 saturated carbocycles. The van der Waals surface area contributed by atoms with Crippen LogP contribution >= 0.6 is 0 Å². The maximum absolute atomic E-state index is 9.07. The van der Waals surface area contributed by atoms with Gasteiger partial charge in [-0.1, -0.05) is 30.4 Å². The zero-order chi connectivity index (χ0) is 12.4. The van der Waals surface area contributed by atoms with E-state index in [1.54, 1.807) is 0 Å². The van der Waals surface area contributed by atoms with E-state index in [0.29, 0.717) is 12.0 Å². The first-order valence-corrected chi connectivity index (χ1v) is 6.35. The van der Waals surface area contributed by atoms with E-state index in [-0.39, 0.29) is 6.61 Å². The topological polar surface area (TPSA) is 45.4 Å². The fourth-order valence-corrected chi connectivity index (χ4v) is 2.42. The van der Waals surface area contributed by atoms with Crippen LogP contribution < -0.4 is 5.32 Å². The summed E-state index contributed by atoms with van der Waals surface area (Å²) < 4.78 is 5.75. The lowest BCUT2D eigenvalue weighted by Crippen LogP contribution is -2.25. The molecule has 18 heavy (non-hydrogen) atoms. The van der Waals surface area contributed by atoms with Crippen molar-refractivity contribution in [2.75, 3.05) is 6.61 Å². The van der Waals surface area contributed by atoms with Crippen LogP contribution in [0.3, 0.4) is 0 Å². The van der Waals surface area contributed by atoms with E-state index in [0.717, 1.165) is 29.7 Å². The number of aliphatic hydroxyl groups is 1. The Balaban J connectivity index is 1.62. The maximum atomic E-state index is 9.07. The molecule has 0 radical (unpaired) electrons. The van der Waals surface area contributed by atoms with Crippen LogP contribution in [0.15, 0.2) is 46.9 Å². The van der Waals surface area contributed by atoms with Crippen LogP contribution in [0.5, 0.6) is 0 Å². The standard InChI is InChI=1S/C15H17NO2/c17-10-11-5-6-13(7-11)16-9-14-8-12-3-1-2-4-15(12)18-14/h1-6,8,11,13,16-17H,7,9-10H2/t11-,13+/m0/s1. The summed E-state index contributed by atoms with van der Waals surface area (Å²) >= 11 is 0. The van der Waals surface area contributed by atoms with E-state index < -0.39 is 0 Å². The second-order valence-corrected chi connectivity index (χ2v) is 4.80. The van der Waals surface area contributed by atoms with Crippen LogP contribution in [0, 0.1) is 5.92 Å². The van der Waals surface area contributed by atoms with Crippen LogP contribution in [0.25, 0.3) is 11.0 Å². The van der Waals surface area contributed by atoms with E-state index in [1.165, 1.54) is 0 Å². The fraction of sp³-hybridized carbons (Fsp3) is 0.333. The summed E-state index contributed by atoms with van der Waals surface area (Å²) in [5.41, 5.74) is 0.935. The first-order valence-electron chi connectivity index (χ1n) is 6.35. The lowest BCUT2D eigenvalue weighted by atomic mass is 10.1. The van der Waals surface area contributed by atoms with Crippen LogP contribution in [0.1, 0.15) is 12.2 Å². The number of nitrogens with one attached hydrogen (secondary N) is 1. The zero-order valence-corrected chi connectivity index (χ0v) is 10.2. The van der Waals surface area contributed by atoms with Crippen molar-refractivity contribution in [2.24, 2.45) is 5.92 Å². The first kappa shape index (κ1) is 11.5. The minimum Gasteiger partial charge on any atom is -0.460 e. The van der Waals surface area contributed by atoms with Gasteiger partial charge in [-0.3, -0.25) is 0 Å². The monoisotopic (exact) mass is 243 g/mol. The van der Waals surface area contributed by atoms with E-state index >= 15 is 0 Å². The predicted molar refractivity (Wildman–Crippen MR) is 71.2 cm³/mol. The molecule has 1 aromatic carbocycles. The van der Waals surface area contributed by atoms with Crippen molar-refractivity contribution in [3.8, 4) is 0 Å². The van der Waals surface area contributed by atoms with E-state index in [2.05, 4.69) is 29.6 Å². The Bertz CT molecular complexity index is 525. The highest BCUT2D eigenvalue weighted by Gasteiger charge is 2.17.